The SMILES string of the molecule is Cc1cc2nc3ccccc3c(-c3ccc4c5c(cccc35)-c3c-4c(-c4ccccc4)c4ccccc4c3-c3ccccc3)c2cc1C. The van der Waals surface area contributed by atoms with Gasteiger partial charge in [0.05, 0.1) is 11.0 Å². The second-order valence-corrected chi connectivity index (χ2v) is 13.1. The van der Waals surface area contributed by atoms with Crippen LogP contribution < -0.4 is 0 Å². The first kappa shape index (κ1) is 27.1. The van der Waals surface area contributed by atoms with Crippen molar-refractivity contribution in [1.29, 1.82) is 0 Å². The predicted octanol–water partition coefficient (Wildman–Crippen LogP) is 13.0. The van der Waals surface area contributed by atoms with Crippen LogP contribution in [0.4, 0.5) is 0 Å². The average molecular weight is 610 g/mol. The first-order valence-electron chi connectivity index (χ1n) is 16.7. The third-order valence-corrected chi connectivity index (χ3v) is 10.5. The van der Waals surface area contributed by atoms with Gasteiger partial charge in [0.1, 0.15) is 0 Å². The maximum absolute atomic E-state index is 5.15. The van der Waals surface area contributed by atoms with Gasteiger partial charge < -0.3 is 0 Å². The van der Waals surface area contributed by atoms with Crippen molar-refractivity contribution < 1.29 is 0 Å². The van der Waals surface area contributed by atoms with Crippen molar-refractivity contribution in [3.63, 3.8) is 0 Å². The van der Waals surface area contributed by atoms with Crippen LogP contribution in [0.25, 0.3) is 99.0 Å². The van der Waals surface area contributed by atoms with Crippen LogP contribution in [0.1, 0.15) is 11.1 Å². The van der Waals surface area contributed by atoms with E-state index in [-0.39, 0.29) is 0 Å². The monoisotopic (exact) mass is 609 g/mol. The Bertz CT molecular complexity index is 2680. The van der Waals surface area contributed by atoms with Crippen molar-refractivity contribution in [1.82, 2.24) is 4.98 Å². The van der Waals surface area contributed by atoms with Gasteiger partial charge in [0.25, 0.3) is 0 Å². The smallest absolute Gasteiger partial charge is 0.0718 e. The summed E-state index contributed by atoms with van der Waals surface area (Å²) in [5, 5.41) is 7.55. The van der Waals surface area contributed by atoms with Crippen LogP contribution in [0.15, 0.2) is 152 Å². The number of benzene rings is 8. The van der Waals surface area contributed by atoms with E-state index in [1.165, 1.54) is 99.1 Å². The van der Waals surface area contributed by atoms with E-state index in [0.29, 0.717) is 0 Å². The highest BCUT2D eigenvalue weighted by molar-refractivity contribution is 6.29. The van der Waals surface area contributed by atoms with E-state index >= 15 is 0 Å². The Morgan fingerprint density at radius 2 is 0.854 bits per heavy atom. The molecule has 9 aromatic rings. The molecule has 0 atom stereocenters. The van der Waals surface area contributed by atoms with Gasteiger partial charge in [-0.1, -0.05) is 133 Å². The van der Waals surface area contributed by atoms with Gasteiger partial charge in [-0.2, -0.15) is 0 Å². The van der Waals surface area contributed by atoms with Crippen molar-refractivity contribution in [3.8, 4) is 55.6 Å². The van der Waals surface area contributed by atoms with Gasteiger partial charge in [0, 0.05) is 16.3 Å². The third kappa shape index (κ3) is 3.76. The Labute approximate surface area is 279 Å². The van der Waals surface area contributed by atoms with Crippen molar-refractivity contribution >= 4 is 43.4 Å². The molecule has 48 heavy (non-hydrogen) atoms. The van der Waals surface area contributed by atoms with E-state index in [1.807, 2.05) is 0 Å². The molecule has 0 saturated heterocycles. The lowest BCUT2D eigenvalue weighted by Crippen LogP contribution is -1.93. The minimum atomic E-state index is 1.03. The molecule has 1 aliphatic rings. The molecule has 1 aliphatic carbocycles. The molecule has 0 N–H and O–H groups in total. The van der Waals surface area contributed by atoms with Gasteiger partial charge in [-0.25, -0.2) is 4.98 Å². The molecule has 0 fully saturated rings. The summed E-state index contributed by atoms with van der Waals surface area (Å²) in [4.78, 5) is 5.15. The van der Waals surface area contributed by atoms with Crippen molar-refractivity contribution in [2.24, 2.45) is 0 Å². The summed E-state index contributed by atoms with van der Waals surface area (Å²) >= 11 is 0. The highest BCUT2D eigenvalue weighted by Gasteiger charge is 2.31. The fourth-order valence-corrected chi connectivity index (χ4v) is 8.27. The second-order valence-electron chi connectivity index (χ2n) is 13.1. The molecule has 1 heteroatoms. The summed E-state index contributed by atoms with van der Waals surface area (Å²) in [6, 6.07) is 55.8. The van der Waals surface area contributed by atoms with Crippen LogP contribution in [0.5, 0.6) is 0 Å². The normalized spacial score (nSPS) is 12.0. The lowest BCUT2D eigenvalue weighted by Gasteiger charge is -2.20. The molecule has 8 aromatic carbocycles. The van der Waals surface area contributed by atoms with E-state index in [0.717, 1.165) is 11.0 Å². The molecule has 1 aromatic heterocycles. The molecule has 0 radical (unpaired) electrons. The summed E-state index contributed by atoms with van der Waals surface area (Å²) in [6.07, 6.45) is 0. The Morgan fingerprint density at radius 1 is 0.333 bits per heavy atom. The first-order chi connectivity index (χ1) is 23.7. The van der Waals surface area contributed by atoms with Crippen molar-refractivity contribution in [2.45, 2.75) is 13.8 Å². The van der Waals surface area contributed by atoms with Crippen LogP contribution in [-0.4, -0.2) is 4.98 Å². The number of para-hydroxylation sites is 1. The fourth-order valence-electron chi connectivity index (χ4n) is 8.27. The molecule has 1 nitrogen and oxygen atoms in total. The lowest BCUT2D eigenvalue weighted by atomic mass is 9.82. The van der Waals surface area contributed by atoms with Crippen molar-refractivity contribution in [2.75, 3.05) is 0 Å². The zero-order valence-corrected chi connectivity index (χ0v) is 26.9. The number of hydrogen-bond donors (Lipinski definition) is 0. The number of rotatable bonds is 3. The molecule has 0 amide bonds. The summed E-state index contributed by atoms with van der Waals surface area (Å²) in [5.41, 5.74) is 17.5. The number of nitrogens with zero attached hydrogens (tertiary/aromatic N) is 1. The van der Waals surface area contributed by atoms with Gasteiger partial charge in [-0.3, -0.25) is 0 Å². The minimum Gasteiger partial charge on any atom is -0.248 e. The maximum atomic E-state index is 5.15. The van der Waals surface area contributed by atoms with Crippen LogP contribution in [0.2, 0.25) is 0 Å². The molecule has 224 valence electrons. The van der Waals surface area contributed by atoms with Crippen LogP contribution in [0, 0.1) is 13.8 Å². The quantitative estimate of drug-likeness (QED) is 0.182. The Hall–Kier alpha value is -6.05. The summed E-state index contributed by atoms with van der Waals surface area (Å²) < 4.78 is 0. The second kappa shape index (κ2) is 10.2. The number of hydrogen-bond acceptors (Lipinski definition) is 1. The van der Waals surface area contributed by atoms with Crippen LogP contribution in [0.3, 0.4) is 0 Å². The highest BCUT2D eigenvalue weighted by atomic mass is 14.7. The lowest BCUT2D eigenvalue weighted by molar-refractivity contribution is 1.35. The van der Waals surface area contributed by atoms with Gasteiger partial charge >= 0.3 is 0 Å². The van der Waals surface area contributed by atoms with Crippen LogP contribution in [-0.2, 0) is 0 Å². The molecule has 0 saturated carbocycles. The van der Waals surface area contributed by atoms with Crippen molar-refractivity contribution in [3.05, 3.63) is 163 Å². The summed E-state index contributed by atoms with van der Waals surface area (Å²) in [6.45, 7) is 4.39. The molecular formula is C47H31N. The third-order valence-electron chi connectivity index (χ3n) is 10.5. The van der Waals surface area contributed by atoms with E-state index in [2.05, 4.69) is 166 Å². The number of aromatic nitrogens is 1. The maximum Gasteiger partial charge on any atom is 0.0718 e. The van der Waals surface area contributed by atoms with E-state index < -0.39 is 0 Å². The number of pyridine rings is 1. The Balaban J connectivity index is 1.39. The number of aryl methyl sites for hydroxylation is 2. The Morgan fingerprint density at radius 3 is 1.52 bits per heavy atom. The van der Waals surface area contributed by atoms with E-state index in [4.69, 9.17) is 4.98 Å². The molecule has 0 unspecified atom stereocenters. The molecule has 0 bridgehead atoms. The zero-order chi connectivity index (χ0) is 31.9. The molecular weight excluding hydrogens is 579 g/mol. The first-order valence-corrected chi connectivity index (χ1v) is 16.7. The topological polar surface area (TPSA) is 12.9 Å². The summed E-state index contributed by atoms with van der Waals surface area (Å²) in [5.74, 6) is 0. The van der Waals surface area contributed by atoms with Gasteiger partial charge in [0.2, 0.25) is 0 Å². The molecule has 10 rings (SSSR count). The van der Waals surface area contributed by atoms with Crippen LogP contribution >= 0.6 is 0 Å². The zero-order valence-electron chi connectivity index (χ0n) is 26.9. The predicted molar refractivity (Wildman–Crippen MR) is 204 cm³/mol. The van der Waals surface area contributed by atoms with E-state index in [9.17, 15) is 0 Å². The molecule has 1 heterocycles. The Kier molecular flexibility index (Phi) is 5.77. The highest BCUT2D eigenvalue weighted by Crippen LogP contribution is 2.58. The van der Waals surface area contributed by atoms with E-state index in [1.54, 1.807) is 0 Å². The summed E-state index contributed by atoms with van der Waals surface area (Å²) in [7, 11) is 0. The van der Waals surface area contributed by atoms with Gasteiger partial charge in [0.15, 0.2) is 0 Å². The van der Waals surface area contributed by atoms with Gasteiger partial charge in [-0.15, -0.1) is 0 Å². The minimum absolute atomic E-state index is 1.03. The standard InChI is InChI=1S/C47H31N/c1-28-26-39-41(27-29(28)2)48-40-23-12-11-20-36(40)44(39)35-24-25-38-45-34(35)21-13-22-37(45)46-42(30-14-5-3-6-15-30)32-18-9-10-19-33(32)43(47(38)46)31-16-7-4-8-17-31/h3-27H,1-2H3. The fraction of sp³-hybridized carbons (Fsp3) is 0.0426. The largest absolute Gasteiger partial charge is 0.248 e. The average Bonchev–Trinajstić information content (AvgIpc) is 3.46. The number of fused-ring (bicyclic) bond motifs is 6. The molecule has 0 spiro atoms. The van der Waals surface area contributed by atoms with Gasteiger partial charge in [-0.05, 0) is 115 Å². The molecule has 0 aliphatic heterocycles.